The summed E-state index contributed by atoms with van der Waals surface area (Å²) in [4.78, 5) is 16.6. The van der Waals surface area contributed by atoms with Crippen LogP contribution < -0.4 is 0 Å². The molecule has 20 heavy (non-hydrogen) atoms. The van der Waals surface area contributed by atoms with E-state index in [4.69, 9.17) is 5.11 Å². The van der Waals surface area contributed by atoms with Gasteiger partial charge in [-0.1, -0.05) is 6.07 Å². The summed E-state index contributed by atoms with van der Waals surface area (Å²) in [6.45, 7) is 1.69. The Kier molecular flexibility index (Phi) is 3.73. The number of carboxylic acid groups (broad SMARTS) is 1. The number of halogens is 3. The molecule has 4 nitrogen and oxygen atoms in total. The first-order valence-electron chi connectivity index (χ1n) is 6.19. The number of aliphatic carboxylic acids is 1. The van der Waals surface area contributed by atoms with Crippen LogP contribution in [-0.2, 0) is 11.3 Å². The molecule has 2 rings (SSSR count). The van der Waals surface area contributed by atoms with Crippen molar-refractivity contribution in [2.75, 3.05) is 13.1 Å². The second kappa shape index (κ2) is 5.05. The Morgan fingerprint density at radius 3 is 2.65 bits per heavy atom. The molecule has 0 saturated carbocycles. The lowest BCUT2D eigenvalue weighted by atomic mass is 9.86. The van der Waals surface area contributed by atoms with E-state index in [1.165, 1.54) is 4.90 Å². The number of rotatable bonds is 3. The minimum atomic E-state index is -4.74. The van der Waals surface area contributed by atoms with Crippen molar-refractivity contribution in [3.05, 3.63) is 29.6 Å². The van der Waals surface area contributed by atoms with E-state index in [0.29, 0.717) is 0 Å². The first-order valence-corrected chi connectivity index (χ1v) is 6.19. The summed E-state index contributed by atoms with van der Waals surface area (Å²) in [6.07, 6.45) is -3.55. The molecular weight excluding hydrogens is 273 g/mol. The molecule has 1 aromatic heterocycles. The van der Waals surface area contributed by atoms with Gasteiger partial charge in [-0.05, 0) is 25.0 Å². The number of aromatic nitrogens is 1. The van der Waals surface area contributed by atoms with Crippen LogP contribution in [0.3, 0.4) is 0 Å². The third-order valence-corrected chi connectivity index (χ3v) is 3.68. The maximum absolute atomic E-state index is 13.0. The van der Waals surface area contributed by atoms with Gasteiger partial charge in [-0.2, -0.15) is 13.2 Å². The average molecular weight is 288 g/mol. The fourth-order valence-corrected chi connectivity index (χ4v) is 2.40. The third kappa shape index (κ3) is 2.63. The van der Waals surface area contributed by atoms with Crippen molar-refractivity contribution in [3.8, 4) is 0 Å². The Hall–Kier alpha value is -1.63. The molecule has 110 valence electrons. The summed E-state index contributed by atoms with van der Waals surface area (Å²) in [7, 11) is 0. The lowest BCUT2D eigenvalue weighted by molar-refractivity contribution is -0.227. The maximum atomic E-state index is 13.0. The second-order valence-electron chi connectivity index (χ2n) is 5.15. The quantitative estimate of drug-likeness (QED) is 0.926. The van der Waals surface area contributed by atoms with E-state index in [1.807, 2.05) is 6.92 Å². The fraction of sp³-hybridized carbons (Fsp3) is 0.538. The first kappa shape index (κ1) is 14.8. The van der Waals surface area contributed by atoms with Crippen molar-refractivity contribution in [1.82, 2.24) is 9.88 Å². The van der Waals surface area contributed by atoms with Gasteiger partial charge in [0.05, 0.1) is 0 Å². The molecular formula is C13H15F3N2O2. The molecule has 0 aliphatic carbocycles. The number of aryl methyl sites for hydroxylation is 1. The van der Waals surface area contributed by atoms with Crippen LogP contribution in [0.5, 0.6) is 0 Å². The van der Waals surface area contributed by atoms with E-state index >= 15 is 0 Å². The van der Waals surface area contributed by atoms with Crippen LogP contribution in [0.15, 0.2) is 18.3 Å². The van der Waals surface area contributed by atoms with Gasteiger partial charge in [0, 0.05) is 31.5 Å². The van der Waals surface area contributed by atoms with Gasteiger partial charge in [-0.3, -0.25) is 14.7 Å². The lowest BCUT2D eigenvalue weighted by Crippen LogP contribution is -2.47. The highest BCUT2D eigenvalue weighted by Gasteiger charge is 2.63. The summed E-state index contributed by atoms with van der Waals surface area (Å²) in [5, 5.41) is 8.96. The van der Waals surface area contributed by atoms with E-state index < -0.39 is 30.5 Å². The number of likely N-dealkylation sites (tertiary alicyclic amines) is 1. The largest absolute Gasteiger partial charge is 0.481 e. The van der Waals surface area contributed by atoms with E-state index in [1.54, 1.807) is 18.3 Å². The SMILES string of the molecule is Cc1ccc(CN2CCC(C(=O)O)(C(F)(F)F)C2)cn1. The van der Waals surface area contributed by atoms with Crippen LogP contribution in [0.4, 0.5) is 13.2 Å². The van der Waals surface area contributed by atoms with Crippen molar-refractivity contribution in [1.29, 1.82) is 0 Å². The van der Waals surface area contributed by atoms with Crippen LogP contribution in [0, 0.1) is 12.3 Å². The van der Waals surface area contributed by atoms with Crippen LogP contribution in [0.1, 0.15) is 17.7 Å². The molecule has 0 amide bonds. The summed E-state index contributed by atoms with van der Waals surface area (Å²) < 4.78 is 39.0. The molecule has 1 saturated heterocycles. The smallest absolute Gasteiger partial charge is 0.406 e. The maximum Gasteiger partial charge on any atom is 0.406 e. The van der Waals surface area contributed by atoms with E-state index in [9.17, 15) is 18.0 Å². The van der Waals surface area contributed by atoms with E-state index in [2.05, 4.69) is 4.98 Å². The van der Waals surface area contributed by atoms with E-state index in [-0.39, 0.29) is 13.1 Å². The van der Waals surface area contributed by atoms with Gasteiger partial charge >= 0.3 is 12.1 Å². The third-order valence-electron chi connectivity index (χ3n) is 3.68. The van der Waals surface area contributed by atoms with Crippen molar-refractivity contribution < 1.29 is 23.1 Å². The number of nitrogens with zero attached hydrogens (tertiary/aromatic N) is 2. The fourth-order valence-electron chi connectivity index (χ4n) is 2.40. The van der Waals surface area contributed by atoms with Crippen LogP contribution >= 0.6 is 0 Å². The molecule has 0 bridgehead atoms. The summed E-state index contributed by atoms with van der Waals surface area (Å²) in [5.41, 5.74) is -1.05. The number of hydrogen-bond donors (Lipinski definition) is 1. The predicted octanol–water partition coefficient (Wildman–Crippen LogP) is 2.23. The molecule has 1 N–H and O–H groups in total. The van der Waals surface area contributed by atoms with Gasteiger partial charge < -0.3 is 5.11 Å². The Morgan fingerprint density at radius 1 is 1.50 bits per heavy atom. The Morgan fingerprint density at radius 2 is 2.20 bits per heavy atom. The minimum Gasteiger partial charge on any atom is -0.481 e. The Labute approximate surface area is 114 Å². The second-order valence-corrected chi connectivity index (χ2v) is 5.15. The van der Waals surface area contributed by atoms with Gasteiger partial charge in [-0.15, -0.1) is 0 Å². The van der Waals surface area contributed by atoms with Gasteiger partial charge in [0.1, 0.15) is 0 Å². The first-order chi connectivity index (χ1) is 9.24. The molecule has 1 atom stereocenters. The number of carbonyl (C=O) groups is 1. The lowest BCUT2D eigenvalue weighted by Gasteiger charge is -2.27. The van der Waals surface area contributed by atoms with Crippen LogP contribution in [0.25, 0.3) is 0 Å². The van der Waals surface area contributed by atoms with E-state index in [0.717, 1.165) is 11.3 Å². The predicted molar refractivity (Wildman–Crippen MR) is 65.0 cm³/mol. The molecule has 1 aromatic rings. The van der Waals surface area contributed by atoms with Crippen LogP contribution in [0.2, 0.25) is 0 Å². The zero-order chi connectivity index (χ0) is 15.0. The Balaban J connectivity index is 2.11. The number of hydrogen-bond acceptors (Lipinski definition) is 3. The minimum absolute atomic E-state index is 0.111. The highest BCUT2D eigenvalue weighted by atomic mass is 19.4. The molecule has 1 fully saturated rings. The van der Waals surface area contributed by atoms with Crippen molar-refractivity contribution in [2.45, 2.75) is 26.1 Å². The van der Waals surface area contributed by atoms with Crippen molar-refractivity contribution in [3.63, 3.8) is 0 Å². The molecule has 1 aliphatic rings. The van der Waals surface area contributed by atoms with Crippen molar-refractivity contribution in [2.24, 2.45) is 5.41 Å². The van der Waals surface area contributed by atoms with Crippen molar-refractivity contribution >= 4 is 5.97 Å². The normalized spacial score (nSPS) is 24.0. The molecule has 7 heteroatoms. The highest BCUT2D eigenvalue weighted by Crippen LogP contribution is 2.45. The molecule has 2 heterocycles. The topological polar surface area (TPSA) is 53.4 Å². The van der Waals surface area contributed by atoms with Crippen LogP contribution in [-0.4, -0.2) is 40.2 Å². The monoisotopic (exact) mass is 288 g/mol. The zero-order valence-electron chi connectivity index (χ0n) is 10.9. The number of carboxylic acids is 1. The van der Waals surface area contributed by atoms with Gasteiger partial charge in [0.2, 0.25) is 0 Å². The molecule has 0 aromatic carbocycles. The van der Waals surface area contributed by atoms with Gasteiger partial charge in [-0.25, -0.2) is 0 Å². The highest BCUT2D eigenvalue weighted by molar-refractivity contribution is 5.76. The Bertz CT molecular complexity index is 501. The molecule has 0 spiro atoms. The summed E-state index contributed by atoms with van der Waals surface area (Å²) in [5.74, 6) is -1.80. The molecule has 1 aliphatic heterocycles. The van der Waals surface area contributed by atoms with Gasteiger partial charge in [0.25, 0.3) is 0 Å². The molecule has 1 unspecified atom stereocenters. The molecule has 0 radical (unpaired) electrons. The summed E-state index contributed by atoms with van der Waals surface area (Å²) in [6, 6.07) is 3.57. The zero-order valence-corrected chi connectivity index (χ0v) is 10.9. The average Bonchev–Trinajstić information content (AvgIpc) is 2.77. The number of alkyl halides is 3. The summed E-state index contributed by atoms with van der Waals surface area (Å²) >= 11 is 0. The standard InChI is InChI=1S/C13H15F3N2O2/c1-9-2-3-10(6-17-9)7-18-5-4-12(8-18,11(19)20)13(14,15)16/h2-3,6H,4-5,7-8H2,1H3,(H,19,20). The number of pyridine rings is 1. The van der Waals surface area contributed by atoms with Gasteiger partial charge in [0.15, 0.2) is 5.41 Å².